The Labute approximate surface area is 166 Å². The Morgan fingerprint density at radius 3 is 2.41 bits per heavy atom. The Hall–Kier alpha value is -2.62. The molecule has 1 fully saturated rings. The van der Waals surface area contributed by atoms with Crippen molar-refractivity contribution in [2.24, 2.45) is 16.8 Å². The summed E-state index contributed by atoms with van der Waals surface area (Å²) in [5.41, 5.74) is 6.18. The predicted octanol–water partition coefficient (Wildman–Crippen LogP) is 1.92. The molecule has 0 spiro atoms. The Morgan fingerprint density at radius 1 is 1.17 bits per heavy atom. The van der Waals surface area contributed by atoms with Gasteiger partial charge in [0.05, 0.1) is 18.8 Å². The third-order valence-electron chi connectivity index (χ3n) is 5.06. The number of anilines is 1. The maximum absolute atomic E-state index is 12.4. The fourth-order valence-corrected chi connectivity index (χ4v) is 3.52. The van der Waals surface area contributed by atoms with E-state index in [9.17, 15) is 22.8 Å². The summed E-state index contributed by atoms with van der Waals surface area (Å²) < 4.78 is 42.7. The van der Waals surface area contributed by atoms with Crippen molar-refractivity contribution in [1.29, 1.82) is 0 Å². The number of para-hydroxylation sites is 1. The Kier molecular flexibility index (Phi) is 6.41. The number of hydrogen-bond acceptors (Lipinski definition) is 6. The number of carbonyl (C=O) groups excluding carboxylic acids is 2. The minimum atomic E-state index is -4.21. The lowest BCUT2D eigenvalue weighted by atomic mass is 9.98. The summed E-state index contributed by atoms with van der Waals surface area (Å²) in [7, 11) is 0. The van der Waals surface area contributed by atoms with Gasteiger partial charge in [-0.3, -0.25) is 14.7 Å². The minimum Gasteiger partial charge on any atom is -0.461 e. The fourth-order valence-electron chi connectivity index (χ4n) is 3.52. The summed E-state index contributed by atoms with van der Waals surface area (Å²) in [6, 6.07) is 8.11. The lowest BCUT2D eigenvalue weighted by molar-refractivity contribution is -0.149. The average Bonchev–Trinajstić information content (AvgIpc) is 3.13. The van der Waals surface area contributed by atoms with Crippen molar-refractivity contribution >= 4 is 23.3 Å². The van der Waals surface area contributed by atoms with E-state index in [4.69, 9.17) is 10.5 Å². The first kappa shape index (κ1) is 21.1. The first-order valence-corrected chi connectivity index (χ1v) is 9.40. The molecule has 0 bridgehead atoms. The van der Waals surface area contributed by atoms with Crippen molar-refractivity contribution in [3.63, 3.8) is 0 Å². The van der Waals surface area contributed by atoms with Crippen LogP contribution in [0.5, 0.6) is 0 Å². The Balaban J connectivity index is 1.53. The van der Waals surface area contributed by atoms with Gasteiger partial charge in [-0.25, -0.2) is 4.79 Å². The maximum atomic E-state index is 12.4. The van der Waals surface area contributed by atoms with Gasteiger partial charge in [0, 0.05) is 6.42 Å². The van der Waals surface area contributed by atoms with Crippen LogP contribution in [0.3, 0.4) is 0 Å². The van der Waals surface area contributed by atoms with E-state index >= 15 is 0 Å². The standard InChI is InChI=1S/C19H23F3N4O3/c20-19(21,22)12-25-8-6-13(7-9-25)11-29-18(28)15-10-16(17(23)27)26(24-15)14-4-2-1-3-5-14/h1-5,13,16H,6-12H2,(H2,23,27). The number of amides is 1. The van der Waals surface area contributed by atoms with Crippen molar-refractivity contribution in [3.8, 4) is 0 Å². The van der Waals surface area contributed by atoms with E-state index in [1.807, 2.05) is 6.07 Å². The molecule has 1 unspecified atom stereocenters. The summed E-state index contributed by atoms with van der Waals surface area (Å²) >= 11 is 0. The lowest BCUT2D eigenvalue weighted by Crippen LogP contribution is -2.41. The zero-order valence-electron chi connectivity index (χ0n) is 15.8. The number of primary amides is 1. The van der Waals surface area contributed by atoms with Crippen LogP contribution in [0.4, 0.5) is 18.9 Å². The largest absolute Gasteiger partial charge is 0.461 e. The number of hydrogen-bond donors (Lipinski definition) is 1. The number of nitrogens with zero attached hydrogens (tertiary/aromatic N) is 3. The quantitative estimate of drug-likeness (QED) is 0.722. The van der Waals surface area contributed by atoms with Crippen molar-refractivity contribution in [1.82, 2.24) is 4.90 Å². The Morgan fingerprint density at radius 2 is 1.83 bits per heavy atom. The highest BCUT2D eigenvalue weighted by molar-refractivity contribution is 6.38. The Bertz CT molecular complexity index is 762. The van der Waals surface area contributed by atoms with Crippen molar-refractivity contribution in [3.05, 3.63) is 30.3 Å². The highest BCUT2D eigenvalue weighted by Crippen LogP contribution is 2.26. The molecule has 1 saturated heterocycles. The molecule has 2 aliphatic heterocycles. The molecule has 7 nitrogen and oxygen atoms in total. The molecule has 2 heterocycles. The minimum absolute atomic E-state index is 0.00241. The number of likely N-dealkylation sites (tertiary alicyclic amines) is 1. The number of nitrogens with two attached hydrogens (primary N) is 1. The van der Waals surface area contributed by atoms with E-state index in [2.05, 4.69) is 5.10 Å². The van der Waals surface area contributed by atoms with E-state index in [0.29, 0.717) is 31.6 Å². The second-order valence-electron chi connectivity index (χ2n) is 7.28. The van der Waals surface area contributed by atoms with Gasteiger partial charge in [-0.15, -0.1) is 0 Å². The topological polar surface area (TPSA) is 88.2 Å². The zero-order chi connectivity index (χ0) is 21.0. The molecule has 0 aliphatic carbocycles. The van der Waals surface area contributed by atoms with E-state index < -0.39 is 30.6 Å². The molecule has 10 heteroatoms. The number of hydrazone groups is 1. The van der Waals surface area contributed by atoms with Crippen LogP contribution in [-0.2, 0) is 14.3 Å². The van der Waals surface area contributed by atoms with Crippen LogP contribution >= 0.6 is 0 Å². The van der Waals surface area contributed by atoms with Crippen molar-refractivity contribution < 1.29 is 27.5 Å². The summed E-state index contributed by atoms with van der Waals surface area (Å²) in [6.07, 6.45) is -3.11. The smallest absolute Gasteiger partial charge is 0.401 e. The molecular weight excluding hydrogens is 389 g/mol. The van der Waals surface area contributed by atoms with Gasteiger partial charge in [-0.2, -0.15) is 18.3 Å². The number of esters is 1. The van der Waals surface area contributed by atoms with Crippen molar-refractivity contribution in [2.45, 2.75) is 31.5 Å². The maximum Gasteiger partial charge on any atom is 0.401 e. The third-order valence-corrected chi connectivity index (χ3v) is 5.06. The monoisotopic (exact) mass is 412 g/mol. The average molecular weight is 412 g/mol. The fraction of sp³-hybridized carbons (Fsp3) is 0.526. The number of piperidine rings is 1. The summed E-state index contributed by atoms with van der Waals surface area (Å²) in [6.45, 7) is -0.174. The molecular formula is C19H23F3N4O3. The van der Waals surface area contributed by atoms with Gasteiger partial charge in [-0.05, 0) is 44.0 Å². The lowest BCUT2D eigenvalue weighted by Gasteiger charge is -2.31. The van der Waals surface area contributed by atoms with Crippen LogP contribution < -0.4 is 10.7 Å². The predicted molar refractivity (Wildman–Crippen MR) is 100 cm³/mol. The molecule has 29 heavy (non-hydrogen) atoms. The molecule has 1 atom stereocenters. The third kappa shape index (κ3) is 5.69. The second kappa shape index (κ2) is 8.81. The van der Waals surface area contributed by atoms with Crippen LogP contribution in [0, 0.1) is 5.92 Å². The van der Waals surface area contributed by atoms with Crippen LogP contribution in [0.25, 0.3) is 0 Å². The summed E-state index contributed by atoms with van der Waals surface area (Å²) in [4.78, 5) is 25.5. The van der Waals surface area contributed by atoms with Gasteiger partial charge in [0.2, 0.25) is 5.91 Å². The highest BCUT2D eigenvalue weighted by atomic mass is 19.4. The zero-order valence-corrected chi connectivity index (χ0v) is 15.8. The van der Waals surface area contributed by atoms with E-state index in [1.54, 1.807) is 24.3 Å². The molecule has 158 valence electrons. The van der Waals surface area contributed by atoms with E-state index in [1.165, 1.54) is 9.91 Å². The number of rotatable bonds is 6. The SMILES string of the molecule is NC(=O)C1CC(C(=O)OCC2CCN(CC(F)(F)F)CC2)=NN1c1ccccc1. The molecule has 1 amide bonds. The molecule has 3 rings (SSSR count). The molecule has 0 radical (unpaired) electrons. The molecule has 0 saturated carbocycles. The van der Waals surface area contributed by atoms with Crippen LogP contribution in [0.1, 0.15) is 19.3 Å². The number of halogens is 3. The molecule has 0 aromatic heterocycles. The van der Waals surface area contributed by atoms with Crippen LogP contribution in [-0.4, -0.2) is 60.9 Å². The number of benzene rings is 1. The molecule has 1 aromatic rings. The number of ether oxygens (including phenoxy) is 1. The van der Waals surface area contributed by atoms with Gasteiger partial charge in [-0.1, -0.05) is 18.2 Å². The van der Waals surface area contributed by atoms with E-state index in [0.717, 1.165) is 0 Å². The van der Waals surface area contributed by atoms with Gasteiger partial charge >= 0.3 is 12.1 Å². The number of carbonyl (C=O) groups is 2. The number of alkyl halides is 3. The summed E-state index contributed by atoms with van der Waals surface area (Å²) in [5, 5.41) is 5.63. The first-order chi connectivity index (χ1) is 13.7. The molecule has 2 aliphatic rings. The van der Waals surface area contributed by atoms with Gasteiger partial charge < -0.3 is 10.5 Å². The molecule has 1 aromatic carbocycles. The normalized spacial score (nSPS) is 21.1. The molecule has 2 N–H and O–H groups in total. The van der Waals surface area contributed by atoms with E-state index in [-0.39, 0.29) is 24.7 Å². The second-order valence-corrected chi connectivity index (χ2v) is 7.28. The van der Waals surface area contributed by atoms with Crippen LogP contribution in [0.2, 0.25) is 0 Å². The van der Waals surface area contributed by atoms with Gasteiger partial charge in [0.25, 0.3) is 0 Å². The van der Waals surface area contributed by atoms with Gasteiger partial charge in [0.1, 0.15) is 11.8 Å². The van der Waals surface area contributed by atoms with Gasteiger partial charge in [0.15, 0.2) is 0 Å². The summed E-state index contributed by atoms with van der Waals surface area (Å²) in [5.74, 6) is -1.23. The first-order valence-electron chi connectivity index (χ1n) is 9.40. The van der Waals surface area contributed by atoms with Crippen LogP contribution in [0.15, 0.2) is 35.4 Å². The highest BCUT2D eigenvalue weighted by Gasteiger charge is 2.36. The van der Waals surface area contributed by atoms with Crippen molar-refractivity contribution in [2.75, 3.05) is 31.3 Å².